The van der Waals surface area contributed by atoms with Crippen molar-refractivity contribution in [2.45, 2.75) is 19.8 Å². The van der Waals surface area contributed by atoms with Gasteiger partial charge in [0, 0.05) is 17.2 Å². The van der Waals surface area contributed by atoms with Gasteiger partial charge in [0.25, 0.3) is 0 Å². The van der Waals surface area contributed by atoms with E-state index in [1.807, 2.05) is 31.2 Å². The lowest BCUT2D eigenvalue weighted by atomic mass is 10.1. The minimum Gasteiger partial charge on any atom is -0.463 e. The SMILES string of the molecule is C=CC(=O)OCCCCOC(=O)Oc1ccc(C#Cc2ccc(C)cc2)cc1. The third-order valence-corrected chi connectivity index (χ3v) is 3.63. The quantitative estimate of drug-likeness (QED) is 0.235. The van der Waals surface area contributed by atoms with Gasteiger partial charge >= 0.3 is 12.1 Å². The summed E-state index contributed by atoms with van der Waals surface area (Å²) in [5.74, 6) is 6.06. The number of aryl methyl sites for hydroxylation is 1. The van der Waals surface area contributed by atoms with Crippen molar-refractivity contribution in [1.82, 2.24) is 0 Å². The first-order valence-corrected chi connectivity index (χ1v) is 8.89. The van der Waals surface area contributed by atoms with Gasteiger partial charge in [0.15, 0.2) is 0 Å². The maximum absolute atomic E-state index is 11.7. The van der Waals surface area contributed by atoms with Gasteiger partial charge in [-0.2, -0.15) is 0 Å². The van der Waals surface area contributed by atoms with Gasteiger partial charge in [-0.1, -0.05) is 36.1 Å². The summed E-state index contributed by atoms with van der Waals surface area (Å²) in [6.45, 7) is 5.78. The number of rotatable bonds is 7. The molecule has 0 radical (unpaired) electrons. The normalized spacial score (nSPS) is 9.61. The zero-order valence-electron chi connectivity index (χ0n) is 15.8. The smallest absolute Gasteiger partial charge is 0.463 e. The van der Waals surface area contributed by atoms with Crippen LogP contribution in [-0.2, 0) is 14.3 Å². The van der Waals surface area contributed by atoms with Gasteiger partial charge in [-0.25, -0.2) is 9.59 Å². The highest BCUT2D eigenvalue weighted by Crippen LogP contribution is 2.13. The molecule has 28 heavy (non-hydrogen) atoms. The van der Waals surface area contributed by atoms with Gasteiger partial charge in [0.2, 0.25) is 0 Å². The van der Waals surface area contributed by atoms with E-state index < -0.39 is 12.1 Å². The van der Waals surface area contributed by atoms with Crippen LogP contribution in [0.15, 0.2) is 61.2 Å². The standard InChI is InChI=1S/C23H22O5/c1-3-22(24)26-16-4-5-17-27-23(25)28-21-14-12-20(13-15-21)11-10-19-8-6-18(2)7-9-19/h3,6-9,12-15H,1,4-5,16-17H2,2H3. The molecule has 0 saturated heterocycles. The van der Waals surface area contributed by atoms with Crippen molar-refractivity contribution in [1.29, 1.82) is 0 Å². The van der Waals surface area contributed by atoms with Crippen molar-refractivity contribution < 1.29 is 23.8 Å². The van der Waals surface area contributed by atoms with E-state index in [1.165, 1.54) is 5.56 Å². The number of benzene rings is 2. The first-order valence-electron chi connectivity index (χ1n) is 8.89. The van der Waals surface area contributed by atoms with E-state index in [-0.39, 0.29) is 13.2 Å². The number of hydrogen-bond donors (Lipinski definition) is 0. The highest BCUT2D eigenvalue weighted by molar-refractivity contribution is 5.81. The molecule has 0 saturated carbocycles. The third kappa shape index (κ3) is 7.79. The fraction of sp³-hybridized carbons (Fsp3) is 0.217. The Hall–Kier alpha value is -3.52. The molecule has 0 aliphatic rings. The minimum absolute atomic E-state index is 0.185. The first kappa shape index (κ1) is 20.8. The average molecular weight is 378 g/mol. The molecule has 0 aliphatic carbocycles. The Morgan fingerprint density at radius 3 is 2.00 bits per heavy atom. The Labute approximate surface area is 164 Å². The van der Waals surface area contributed by atoms with E-state index in [0.29, 0.717) is 18.6 Å². The van der Waals surface area contributed by atoms with Crippen LogP contribution in [0.2, 0.25) is 0 Å². The predicted molar refractivity (Wildman–Crippen MR) is 106 cm³/mol. The zero-order chi connectivity index (χ0) is 20.2. The molecule has 0 aromatic heterocycles. The second-order valence-corrected chi connectivity index (χ2v) is 5.92. The van der Waals surface area contributed by atoms with Crippen LogP contribution in [0, 0.1) is 18.8 Å². The average Bonchev–Trinajstić information content (AvgIpc) is 2.71. The van der Waals surface area contributed by atoms with Crippen molar-refractivity contribution in [2.24, 2.45) is 0 Å². The Balaban J connectivity index is 1.71. The van der Waals surface area contributed by atoms with Crippen LogP contribution < -0.4 is 4.74 Å². The molecule has 0 spiro atoms. The van der Waals surface area contributed by atoms with Crippen LogP contribution in [0.5, 0.6) is 5.75 Å². The summed E-state index contributed by atoms with van der Waals surface area (Å²) in [5.41, 5.74) is 2.94. The fourth-order valence-electron chi connectivity index (χ4n) is 2.10. The van der Waals surface area contributed by atoms with E-state index >= 15 is 0 Å². The molecule has 0 aliphatic heterocycles. The molecule has 5 heteroatoms. The highest BCUT2D eigenvalue weighted by atomic mass is 16.7. The number of hydrogen-bond acceptors (Lipinski definition) is 5. The number of ether oxygens (including phenoxy) is 3. The molecule has 0 fully saturated rings. The van der Waals surface area contributed by atoms with Crippen LogP contribution >= 0.6 is 0 Å². The van der Waals surface area contributed by atoms with Crippen molar-refractivity contribution in [3.05, 3.63) is 77.9 Å². The van der Waals surface area contributed by atoms with E-state index in [0.717, 1.165) is 17.2 Å². The molecule has 0 unspecified atom stereocenters. The zero-order valence-corrected chi connectivity index (χ0v) is 15.8. The van der Waals surface area contributed by atoms with Gasteiger partial charge < -0.3 is 14.2 Å². The third-order valence-electron chi connectivity index (χ3n) is 3.63. The highest BCUT2D eigenvalue weighted by Gasteiger charge is 2.06. The second-order valence-electron chi connectivity index (χ2n) is 5.92. The largest absolute Gasteiger partial charge is 0.513 e. The number of carbonyl (C=O) groups is 2. The minimum atomic E-state index is -0.776. The molecule has 0 atom stereocenters. The van der Waals surface area contributed by atoms with Crippen LogP contribution in [0.3, 0.4) is 0 Å². The molecule has 2 rings (SSSR count). The Bertz CT molecular complexity index is 855. The maximum atomic E-state index is 11.7. The molecule has 0 heterocycles. The molecule has 144 valence electrons. The Morgan fingerprint density at radius 1 is 0.893 bits per heavy atom. The van der Waals surface area contributed by atoms with Gasteiger partial charge in [-0.05, 0) is 56.2 Å². The van der Waals surface area contributed by atoms with Crippen molar-refractivity contribution in [3.63, 3.8) is 0 Å². The topological polar surface area (TPSA) is 61.8 Å². The van der Waals surface area contributed by atoms with Gasteiger partial charge in [0.05, 0.1) is 13.2 Å². The van der Waals surface area contributed by atoms with Crippen LogP contribution in [0.1, 0.15) is 29.5 Å². The van der Waals surface area contributed by atoms with E-state index in [1.54, 1.807) is 24.3 Å². The van der Waals surface area contributed by atoms with E-state index in [2.05, 4.69) is 18.4 Å². The first-order chi connectivity index (χ1) is 13.6. The fourth-order valence-corrected chi connectivity index (χ4v) is 2.10. The van der Waals surface area contributed by atoms with Crippen molar-refractivity contribution in [3.8, 4) is 17.6 Å². The van der Waals surface area contributed by atoms with Gasteiger partial charge in [0.1, 0.15) is 5.75 Å². The number of esters is 1. The summed E-state index contributed by atoms with van der Waals surface area (Å²) >= 11 is 0. The lowest BCUT2D eigenvalue weighted by molar-refractivity contribution is -0.137. The summed E-state index contributed by atoms with van der Waals surface area (Å²) in [6.07, 6.45) is 1.48. The molecular weight excluding hydrogens is 356 g/mol. The second kappa shape index (κ2) is 11.2. The molecular formula is C23H22O5. The van der Waals surface area contributed by atoms with Crippen molar-refractivity contribution in [2.75, 3.05) is 13.2 Å². The summed E-state index contributed by atoms with van der Waals surface area (Å²) < 4.78 is 14.9. The molecule has 2 aromatic rings. The lowest BCUT2D eigenvalue weighted by Gasteiger charge is -2.06. The molecule has 0 amide bonds. The predicted octanol–water partition coefficient (Wildman–Crippen LogP) is 4.42. The van der Waals surface area contributed by atoms with E-state index in [9.17, 15) is 9.59 Å². The molecule has 0 bridgehead atoms. The Morgan fingerprint density at radius 2 is 1.43 bits per heavy atom. The monoisotopic (exact) mass is 378 g/mol. The van der Waals surface area contributed by atoms with Crippen molar-refractivity contribution >= 4 is 12.1 Å². The van der Waals surface area contributed by atoms with Crippen LogP contribution in [0.25, 0.3) is 0 Å². The lowest BCUT2D eigenvalue weighted by Crippen LogP contribution is -2.12. The summed E-state index contributed by atoms with van der Waals surface area (Å²) in [6, 6.07) is 14.8. The van der Waals surface area contributed by atoms with Gasteiger partial charge in [-0.15, -0.1) is 0 Å². The summed E-state index contributed by atoms with van der Waals surface area (Å²) in [5, 5.41) is 0. The molecule has 0 N–H and O–H groups in total. The summed E-state index contributed by atoms with van der Waals surface area (Å²) in [4.78, 5) is 22.5. The molecule has 2 aromatic carbocycles. The number of unbranched alkanes of at least 4 members (excludes halogenated alkanes) is 1. The summed E-state index contributed by atoms with van der Waals surface area (Å²) in [7, 11) is 0. The Kier molecular flexibility index (Phi) is 8.35. The maximum Gasteiger partial charge on any atom is 0.513 e. The molecule has 5 nitrogen and oxygen atoms in total. The van der Waals surface area contributed by atoms with Gasteiger partial charge in [-0.3, -0.25) is 0 Å². The van der Waals surface area contributed by atoms with Crippen LogP contribution in [-0.4, -0.2) is 25.3 Å². The van der Waals surface area contributed by atoms with Crippen LogP contribution in [0.4, 0.5) is 4.79 Å². The number of carbonyl (C=O) groups excluding carboxylic acids is 2. The van der Waals surface area contributed by atoms with E-state index in [4.69, 9.17) is 14.2 Å².